The lowest BCUT2D eigenvalue weighted by Crippen LogP contribution is -2.33. The summed E-state index contributed by atoms with van der Waals surface area (Å²) in [5.41, 5.74) is 4.14. The number of ether oxygens (including phenoxy) is 2. The van der Waals surface area contributed by atoms with Crippen molar-refractivity contribution in [3.8, 4) is 11.5 Å². The fraction of sp³-hybridized carbons (Fsp3) is 0.0645. The number of aryl methyl sites for hydroxylation is 1. The molecule has 5 aromatic rings. The van der Waals surface area contributed by atoms with Gasteiger partial charge in [-0.15, -0.1) is 0 Å². The molecule has 2 aliphatic heterocycles. The van der Waals surface area contributed by atoms with Crippen molar-refractivity contribution in [1.29, 1.82) is 0 Å². The molecule has 0 fully saturated rings. The van der Waals surface area contributed by atoms with Gasteiger partial charge in [-0.25, -0.2) is 9.18 Å². The van der Waals surface area contributed by atoms with E-state index in [1.54, 1.807) is 12.1 Å². The quantitative estimate of drug-likeness (QED) is 0.268. The molecule has 36 heavy (non-hydrogen) atoms. The van der Waals surface area contributed by atoms with Gasteiger partial charge in [0.2, 0.25) is 0 Å². The van der Waals surface area contributed by atoms with E-state index in [0.717, 1.165) is 44.4 Å². The molecular formula is C31H20FNO3. The number of hydrogen-bond donors (Lipinski definition) is 1. The maximum Gasteiger partial charge on any atom is 0.340 e. The number of rotatable bonds is 2. The summed E-state index contributed by atoms with van der Waals surface area (Å²) in [4.78, 5) is 13.1. The van der Waals surface area contributed by atoms with Crippen LogP contribution >= 0.6 is 0 Å². The highest BCUT2D eigenvalue weighted by Crippen LogP contribution is 2.57. The Morgan fingerprint density at radius 1 is 0.806 bits per heavy atom. The van der Waals surface area contributed by atoms with Crippen LogP contribution in [-0.4, -0.2) is 5.97 Å². The lowest BCUT2D eigenvalue weighted by atomic mass is 9.77. The molecule has 174 valence electrons. The number of benzene rings is 5. The molecule has 1 atom stereocenters. The highest BCUT2D eigenvalue weighted by Gasteiger charge is 2.53. The summed E-state index contributed by atoms with van der Waals surface area (Å²) in [7, 11) is 0. The zero-order valence-electron chi connectivity index (χ0n) is 19.3. The van der Waals surface area contributed by atoms with Crippen LogP contribution in [0.15, 0.2) is 97.1 Å². The summed E-state index contributed by atoms with van der Waals surface area (Å²) in [6.45, 7) is 1.85. The van der Waals surface area contributed by atoms with Gasteiger partial charge in [-0.05, 0) is 60.3 Å². The Labute approximate surface area is 206 Å². The number of nitrogens with one attached hydrogen (secondary N) is 1. The highest BCUT2D eigenvalue weighted by molar-refractivity contribution is 5.99. The minimum Gasteiger partial charge on any atom is -0.456 e. The average Bonchev–Trinajstić information content (AvgIpc) is 3.18. The van der Waals surface area contributed by atoms with Crippen molar-refractivity contribution in [2.24, 2.45) is 0 Å². The van der Waals surface area contributed by atoms with Gasteiger partial charge in [0.1, 0.15) is 17.3 Å². The second-order valence-corrected chi connectivity index (χ2v) is 9.18. The number of carbonyl (C=O) groups is 1. The molecule has 0 amide bonds. The van der Waals surface area contributed by atoms with Crippen LogP contribution in [-0.2, 0) is 10.3 Å². The lowest BCUT2D eigenvalue weighted by molar-refractivity contribution is 0.0225. The number of anilines is 2. The molecule has 7 rings (SSSR count). The van der Waals surface area contributed by atoms with Crippen LogP contribution in [0.2, 0.25) is 0 Å². The molecule has 4 nitrogen and oxygen atoms in total. The second-order valence-electron chi connectivity index (χ2n) is 9.18. The molecule has 2 aliphatic rings. The van der Waals surface area contributed by atoms with Crippen molar-refractivity contribution in [2.45, 2.75) is 12.5 Å². The van der Waals surface area contributed by atoms with Gasteiger partial charge in [-0.3, -0.25) is 0 Å². The highest BCUT2D eigenvalue weighted by atomic mass is 19.1. The van der Waals surface area contributed by atoms with E-state index in [1.807, 2.05) is 79.7 Å². The Morgan fingerprint density at radius 3 is 2.50 bits per heavy atom. The van der Waals surface area contributed by atoms with Crippen LogP contribution in [0.25, 0.3) is 10.8 Å². The molecule has 1 N–H and O–H groups in total. The van der Waals surface area contributed by atoms with Crippen molar-refractivity contribution in [3.05, 3.63) is 131 Å². The van der Waals surface area contributed by atoms with E-state index in [1.165, 1.54) is 12.1 Å². The minimum atomic E-state index is -1.12. The van der Waals surface area contributed by atoms with Crippen molar-refractivity contribution in [1.82, 2.24) is 0 Å². The van der Waals surface area contributed by atoms with E-state index in [0.29, 0.717) is 17.1 Å². The molecule has 5 aromatic carbocycles. The van der Waals surface area contributed by atoms with Crippen LogP contribution in [0.1, 0.15) is 32.6 Å². The summed E-state index contributed by atoms with van der Waals surface area (Å²) < 4.78 is 26.4. The van der Waals surface area contributed by atoms with Crippen molar-refractivity contribution < 1.29 is 18.7 Å². The summed E-state index contributed by atoms with van der Waals surface area (Å²) in [6, 6.07) is 29.9. The first-order chi connectivity index (χ1) is 17.5. The number of hydrogen-bond acceptors (Lipinski definition) is 4. The molecule has 0 saturated heterocycles. The average molecular weight is 474 g/mol. The SMILES string of the molecule is Cc1cc(F)ccc1Nc1ccc2c(c1)Oc1c(ccc3ccccc13)C21OC(=O)c2ccccc21. The Hall–Kier alpha value is -4.64. The first kappa shape index (κ1) is 20.7. The summed E-state index contributed by atoms with van der Waals surface area (Å²) in [5.74, 6) is 0.619. The van der Waals surface area contributed by atoms with Crippen LogP contribution in [0.5, 0.6) is 11.5 Å². The number of fused-ring (bicyclic) bond motifs is 8. The molecule has 1 spiro atoms. The van der Waals surface area contributed by atoms with Crippen molar-refractivity contribution >= 4 is 28.1 Å². The van der Waals surface area contributed by atoms with Gasteiger partial charge in [0, 0.05) is 39.5 Å². The molecule has 0 radical (unpaired) electrons. The Kier molecular flexibility index (Phi) is 4.27. The second kappa shape index (κ2) is 7.43. The van der Waals surface area contributed by atoms with Crippen molar-refractivity contribution in [3.63, 3.8) is 0 Å². The van der Waals surface area contributed by atoms with Crippen LogP contribution in [0.4, 0.5) is 15.8 Å². The largest absolute Gasteiger partial charge is 0.456 e. The Morgan fingerprint density at radius 2 is 1.61 bits per heavy atom. The third-order valence-corrected chi connectivity index (χ3v) is 7.07. The van der Waals surface area contributed by atoms with E-state index in [9.17, 15) is 9.18 Å². The first-order valence-corrected chi connectivity index (χ1v) is 11.8. The predicted molar refractivity (Wildman–Crippen MR) is 137 cm³/mol. The number of carbonyl (C=O) groups excluding carboxylic acids is 1. The number of esters is 1. The third-order valence-electron chi connectivity index (χ3n) is 7.07. The molecular weight excluding hydrogens is 453 g/mol. The molecule has 0 bridgehead atoms. The fourth-order valence-electron chi connectivity index (χ4n) is 5.40. The van der Waals surface area contributed by atoms with E-state index < -0.39 is 5.60 Å². The van der Waals surface area contributed by atoms with E-state index >= 15 is 0 Å². The van der Waals surface area contributed by atoms with E-state index in [4.69, 9.17) is 9.47 Å². The van der Waals surface area contributed by atoms with Gasteiger partial charge >= 0.3 is 5.97 Å². The molecule has 2 heterocycles. The third kappa shape index (κ3) is 2.83. The summed E-state index contributed by atoms with van der Waals surface area (Å²) in [5, 5.41) is 5.33. The molecule has 0 aromatic heterocycles. The molecule has 0 aliphatic carbocycles. The molecule has 0 saturated carbocycles. The van der Waals surface area contributed by atoms with E-state index in [2.05, 4.69) is 5.32 Å². The van der Waals surface area contributed by atoms with E-state index in [-0.39, 0.29) is 11.8 Å². The maximum absolute atomic E-state index is 13.6. The summed E-state index contributed by atoms with van der Waals surface area (Å²) in [6.07, 6.45) is 0. The first-order valence-electron chi connectivity index (χ1n) is 11.8. The zero-order chi connectivity index (χ0) is 24.4. The van der Waals surface area contributed by atoms with Gasteiger partial charge in [0.15, 0.2) is 5.60 Å². The smallest absolute Gasteiger partial charge is 0.340 e. The fourth-order valence-corrected chi connectivity index (χ4v) is 5.40. The summed E-state index contributed by atoms with van der Waals surface area (Å²) >= 11 is 0. The van der Waals surface area contributed by atoms with Gasteiger partial charge in [0.25, 0.3) is 0 Å². The van der Waals surface area contributed by atoms with Crippen molar-refractivity contribution in [2.75, 3.05) is 5.32 Å². The normalized spacial score (nSPS) is 17.2. The molecule has 5 heteroatoms. The van der Waals surface area contributed by atoms with Crippen LogP contribution in [0.3, 0.4) is 0 Å². The van der Waals surface area contributed by atoms with Gasteiger partial charge in [-0.1, -0.05) is 48.5 Å². The maximum atomic E-state index is 13.6. The monoisotopic (exact) mass is 473 g/mol. The Bertz CT molecular complexity index is 1730. The Balaban J connectivity index is 1.46. The minimum absolute atomic E-state index is 0.279. The predicted octanol–water partition coefficient (Wildman–Crippen LogP) is 7.60. The topological polar surface area (TPSA) is 47.6 Å². The van der Waals surface area contributed by atoms with Crippen LogP contribution in [0, 0.1) is 12.7 Å². The standard InChI is InChI=1S/C31H20FNO3/c1-18-16-20(32)11-15-27(18)33-21-12-14-25-28(17-21)35-29-22-7-3-2-6-19(22)10-13-26(29)31(25)24-9-5-4-8-23(24)30(34)36-31/h2-17,33H,1H3. The van der Waals surface area contributed by atoms with Gasteiger partial charge < -0.3 is 14.8 Å². The van der Waals surface area contributed by atoms with Gasteiger partial charge in [-0.2, -0.15) is 0 Å². The lowest BCUT2D eigenvalue weighted by Gasteiger charge is -2.37. The van der Waals surface area contributed by atoms with Gasteiger partial charge in [0.05, 0.1) is 5.56 Å². The molecule has 1 unspecified atom stereocenters. The number of halogens is 1. The zero-order valence-corrected chi connectivity index (χ0v) is 19.3. The van der Waals surface area contributed by atoms with Crippen LogP contribution < -0.4 is 10.1 Å².